The van der Waals surface area contributed by atoms with Crippen molar-refractivity contribution in [3.8, 4) is 0 Å². The summed E-state index contributed by atoms with van der Waals surface area (Å²) in [6.45, 7) is 2.52. The fourth-order valence-electron chi connectivity index (χ4n) is 3.13. The van der Waals surface area contributed by atoms with Crippen molar-refractivity contribution in [2.75, 3.05) is 19.8 Å². The molecule has 0 aromatic rings. The summed E-state index contributed by atoms with van der Waals surface area (Å²) in [4.78, 5) is 0. The van der Waals surface area contributed by atoms with Crippen LogP contribution in [-0.2, 0) is 9.47 Å². The summed E-state index contributed by atoms with van der Waals surface area (Å²) in [5, 5.41) is 28.5. The van der Waals surface area contributed by atoms with Gasteiger partial charge < -0.3 is 24.8 Å². The Hall–Kier alpha value is -0.460. The van der Waals surface area contributed by atoms with Crippen molar-refractivity contribution in [2.45, 2.75) is 95.5 Å². The molecule has 0 amide bonds. The predicted molar refractivity (Wildman–Crippen MR) is 99.6 cm³/mol. The Bertz CT molecular complexity index is 334. The smallest absolute Gasteiger partial charge is 0.114 e. The second-order valence-corrected chi connectivity index (χ2v) is 6.97. The molecule has 0 aromatic heterocycles. The monoisotopic (exact) mass is 358 g/mol. The van der Waals surface area contributed by atoms with Crippen LogP contribution in [0.2, 0.25) is 0 Å². The van der Waals surface area contributed by atoms with E-state index >= 15 is 0 Å². The highest BCUT2D eigenvalue weighted by molar-refractivity contribution is 4.89. The average Bonchev–Trinajstić information content (AvgIpc) is 2.99. The van der Waals surface area contributed by atoms with Gasteiger partial charge in [-0.05, 0) is 25.7 Å². The van der Waals surface area contributed by atoms with Crippen molar-refractivity contribution in [3.63, 3.8) is 0 Å². The summed E-state index contributed by atoms with van der Waals surface area (Å²) < 4.78 is 11.0. The number of unbranched alkanes of at least 4 members (excludes halogenated alkanes) is 8. The zero-order valence-electron chi connectivity index (χ0n) is 15.8. The van der Waals surface area contributed by atoms with E-state index < -0.39 is 31.0 Å². The minimum absolute atomic E-state index is 0.144. The molecule has 5 heteroatoms. The van der Waals surface area contributed by atoms with E-state index in [0.29, 0.717) is 6.61 Å². The van der Waals surface area contributed by atoms with Gasteiger partial charge in [0.05, 0.1) is 13.2 Å². The lowest BCUT2D eigenvalue weighted by molar-refractivity contribution is -0.0935. The Morgan fingerprint density at radius 1 is 1.04 bits per heavy atom. The molecule has 0 unspecified atom stereocenters. The minimum atomic E-state index is -1.01. The van der Waals surface area contributed by atoms with E-state index in [1.165, 1.54) is 44.9 Å². The maximum absolute atomic E-state index is 9.84. The van der Waals surface area contributed by atoms with Crippen LogP contribution in [0.15, 0.2) is 12.2 Å². The summed E-state index contributed by atoms with van der Waals surface area (Å²) in [5.41, 5.74) is 0. The van der Waals surface area contributed by atoms with Crippen LogP contribution in [0.4, 0.5) is 0 Å². The van der Waals surface area contributed by atoms with Gasteiger partial charge in [-0.1, -0.05) is 57.6 Å². The van der Waals surface area contributed by atoms with Gasteiger partial charge in [0, 0.05) is 6.61 Å². The third-order valence-electron chi connectivity index (χ3n) is 4.70. The maximum Gasteiger partial charge on any atom is 0.114 e. The Kier molecular flexibility index (Phi) is 13.3. The largest absolute Gasteiger partial charge is 0.394 e. The number of hydrogen-bond donors (Lipinski definition) is 3. The van der Waals surface area contributed by atoms with Gasteiger partial charge >= 0.3 is 0 Å². The molecule has 3 N–H and O–H groups in total. The van der Waals surface area contributed by atoms with Crippen LogP contribution in [-0.4, -0.2) is 59.6 Å². The second-order valence-electron chi connectivity index (χ2n) is 6.97. The number of ether oxygens (including phenoxy) is 2. The van der Waals surface area contributed by atoms with E-state index in [9.17, 15) is 10.2 Å². The van der Waals surface area contributed by atoms with Gasteiger partial charge in [0.15, 0.2) is 0 Å². The Labute approximate surface area is 153 Å². The molecular weight excluding hydrogens is 320 g/mol. The molecular formula is C20H38O5. The van der Waals surface area contributed by atoms with Crippen molar-refractivity contribution < 1.29 is 24.8 Å². The fraction of sp³-hybridized carbons (Fsp3) is 0.900. The molecule has 1 rings (SSSR count). The lowest BCUT2D eigenvalue weighted by Gasteiger charge is -2.23. The van der Waals surface area contributed by atoms with Crippen molar-refractivity contribution in [1.82, 2.24) is 0 Å². The normalized spacial score (nSPS) is 25.0. The topological polar surface area (TPSA) is 79.2 Å². The molecule has 4 atom stereocenters. The molecule has 0 aliphatic carbocycles. The zero-order chi connectivity index (χ0) is 18.3. The fourth-order valence-corrected chi connectivity index (χ4v) is 3.13. The molecule has 148 valence electrons. The van der Waals surface area contributed by atoms with Crippen LogP contribution in [0.1, 0.15) is 71.1 Å². The van der Waals surface area contributed by atoms with Crippen LogP contribution in [0.3, 0.4) is 0 Å². The van der Waals surface area contributed by atoms with Gasteiger partial charge in [-0.2, -0.15) is 0 Å². The SMILES string of the molecule is CCCCCCCCC/C=C/CCCO[C@@H]1[C@H]([C@H](O)CO)OC[C@@H]1O. The average molecular weight is 359 g/mol. The molecule has 0 radical (unpaired) electrons. The summed E-state index contributed by atoms with van der Waals surface area (Å²) in [5.74, 6) is 0. The summed E-state index contributed by atoms with van der Waals surface area (Å²) in [6, 6.07) is 0. The van der Waals surface area contributed by atoms with Gasteiger partial charge in [0.1, 0.15) is 24.4 Å². The van der Waals surface area contributed by atoms with E-state index in [1.54, 1.807) is 0 Å². The summed E-state index contributed by atoms with van der Waals surface area (Å²) >= 11 is 0. The lowest BCUT2D eigenvalue weighted by atomic mass is 10.1. The first kappa shape index (κ1) is 22.6. The second kappa shape index (κ2) is 14.7. The van der Waals surface area contributed by atoms with Gasteiger partial charge in [-0.15, -0.1) is 0 Å². The number of allylic oxidation sites excluding steroid dienone is 2. The number of hydrogen-bond acceptors (Lipinski definition) is 5. The third-order valence-corrected chi connectivity index (χ3v) is 4.70. The highest BCUT2D eigenvalue weighted by atomic mass is 16.6. The summed E-state index contributed by atoms with van der Waals surface area (Å²) in [6.07, 6.45) is 13.8. The van der Waals surface area contributed by atoms with Crippen LogP contribution in [0, 0.1) is 0 Å². The maximum atomic E-state index is 9.84. The first-order valence-electron chi connectivity index (χ1n) is 10.1. The van der Waals surface area contributed by atoms with E-state index in [4.69, 9.17) is 14.6 Å². The highest BCUT2D eigenvalue weighted by Crippen LogP contribution is 2.21. The quantitative estimate of drug-likeness (QED) is 0.310. The first-order chi connectivity index (χ1) is 12.2. The first-order valence-corrected chi connectivity index (χ1v) is 10.1. The van der Waals surface area contributed by atoms with Crippen LogP contribution < -0.4 is 0 Å². The molecule has 25 heavy (non-hydrogen) atoms. The van der Waals surface area contributed by atoms with E-state index in [-0.39, 0.29) is 6.61 Å². The molecule has 0 saturated carbocycles. The molecule has 0 aromatic carbocycles. The lowest BCUT2D eigenvalue weighted by Crippen LogP contribution is -2.42. The van der Waals surface area contributed by atoms with Crippen LogP contribution in [0.25, 0.3) is 0 Å². The number of aliphatic hydroxyl groups excluding tert-OH is 3. The van der Waals surface area contributed by atoms with Crippen molar-refractivity contribution >= 4 is 0 Å². The molecule has 1 aliphatic rings. The predicted octanol–water partition coefficient (Wildman–Crippen LogP) is 2.96. The zero-order valence-corrected chi connectivity index (χ0v) is 15.8. The number of aliphatic hydroxyl groups is 3. The highest BCUT2D eigenvalue weighted by Gasteiger charge is 2.40. The van der Waals surface area contributed by atoms with E-state index in [2.05, 4.69) is 19.1 Å². The molecule has 1 saturated heterocycles. The number of rotatable bonds is 15. The Morgan fingerprint density at radius 3 is 2.36 bits per heavy atom. The van der Waals surface area contributed by atoms with Crippen molar-refractivity contribution in [1.29, 1.82) is 0 Å². The minimum Gasteiger partial charge on any atom is -0.394 e. The van der Waals surface area contributed by atoms with Crippen LogP contribution >= 0.6 is 0 Å². The summed E-state index contributed by atoms with van der Waals surface area (Å²) in [7, 11) is 0. The van der Waals surface area contributed by atoms with E-state index in [0.717, 1.165) is 19.3 Å². The molecule has 1 aliphatic heterocycles. The van der Waals surface area contributed by atoms with Gasteiger partial charge in [-0.3, -0.25) is 0 Å². The standard InChI is InChI=1S/C20H38O5/c1-2-3-4-5-6-7-8-9-10-11-12-13-14-24-20-18(23)16-25-19(20)17(22)15-21/h10-11,17-23H,2-9,12-16H2,1H3/b11-10+/t17-,18+,19+,20+/m1/s1. The van der Waals surface area contributed by atoms with E-state index in [1.807, 2.05) is 0 Å². The van der Waals surface area contributed by atoms with Gasteiger partial charge in [0.2, 0.25) is 0 Å². The van der Waals surface area contributed by atoms with Crippen LogP contribution in [0.5, 0.6) is 0 Å². The van der Waals surface area contributed by atoms with Crippen molar-refractivity contribution in [2.24, 2.45) is 0 Å². The third kappa shape index (κ3) is 9.71. The molecule has 0 bridgehead atoms. The van der Waals surface area contributed by atoms with Gasteiger partial charge in [0.25, 0.3) is 0 Å². The molecule has 1 heterocycles. The molecule has 1 fully saturated rings. The Morgan fingerprint density at radius 2 is 1.68 bits per heavy atom. The molecule has 0 spiro atoms. The molecule has 5 nitrogen and oxygen atoms in total. The van der Waals surface area contributed by atoms with Gasteiger partial charge in [-0.25, -0.2) is 0 Å². The Balaban J connectivity index is 1.98. The van der Waals surface area contributed by atoms with Crippen molar-refractivity contribution in [3.05, 3.63) is 12.2 Å².